The van der Waals surface area contributed by atoms with Gasteiger partial charge in [0.1, 0.15) is 22.3 Å². The Morgan fingerprint density at radius 3 is 2.77 bits per heavy atom. The number of thioether (sulfide) groups is 1. The van der Waals surface area contributed by atoms with Crippen molar-refractivity contribution >= 4 is 43.5 Å². The van der Waals surface area contributed by atoms with Crippen LogP contribution >= 0.6 is 11.8 Å². The first-order valence-corrected chi connectivity index (χ1v) is 13.6. The number of hydrogen-bond acceptors (Lipinski definition) is 9. The number of amides is 1. The maximum Gasteiger partial charge on any atom is 0.221 e. The zero-order chi connectivity index (χ0) is 25.2. The fourth-order valence-corrected chi connectivity index (χ4v) is 5.16. The number of carbonyl (C=O) groups excluding carboxylic acids is 1. The van der Waals surface area contributed by atoms with Crippen LogP contribution < -0.4 is 14.8 Å². The molecule has 0 saturated heterocycles. The fourth-order valence-electron chi connectivity index (χ4n) is 3.51. The van der Waals surface area contributed by atoms with Crippen LogP contribution in [0, 0.1) is 0 Å². The van der Waals surface area contributed by atoms with Crippen molar-refractivity contribution in [3.8, 4) is 17.2 Å². The molecule has 3 aromatic rings. The van der Waals surface area contributed by atoms with Gasteiger partial charge in [-0.3, -0.25) is 9.79 Å². The number of aromatic amines is 1. The zero-order valence-corrected chi connectivity index (χ0v) is 21.1. The molecule has 1 amide bonds. The number of ether oxygens (including phenoxy) is 2. The number of sulfone groups is 1. The van der Waals surface area contributed by atoms with Crippen LogP contribution in [0.3, 0.4) is 0 Å². The average Bonchev–Trinajstić information content (AvgIpc) is 3.44. The lowest BCUT2D eigenvalue weighted by molar-refractivity contribution is -0.121. The van der Waals surface area contributed by atoms with E-state index in [4.69, 9.17) is 9.47 Å². The number of nitrogens with zero attached hydrogens (tertiary/aromatic N) is 2. The van der Waals surface area contributed by atoms with Crippen molar-refractivity contribution < 1.29 is 27.8 Å². The largest absolute Gasteiger partial charge is 0.494 e. The van der Waals surface area contributed by atoms with Crippen LogP contribution in [0.4, 0.5) is 0 Å². The minimum absolute atomic E-state index is 0.0219. The minimum atomic E-state index is -3.39. The van der Waals surface area contributed by atoms with E-state index in [0.717, 1.165) is 27.9 Å². The number of aliphatic hydroxyl groups is 1. The summed E-state index contributed by atoms with van der Waals surface area (Å²) in [4.78, 5) is 23.9. The van der Waals surface area contributed by atoms with Crippen LogP contribution in [-0.4, -0.2) is 72.3 Å². The lowest BCUT2D eigenvalue weighted by Gasteiger charge is -2.10. The highest BCUT2D eigenvalue weighted by molar-refractivity contribution is 8.15. The van der Waals surface area contributed by atoms with E-state index in [0.29, 0.717) is 30.2 Å². The Balaban J connectivity index is 1.49. The number of hydrogen-bond donors (Lipinski definition) is 3. The van der Waals surface area contributed by atoms with Crippen LogP contribution in [0.2, 0.25) is 0 Å². The van der Waals surface area contributed by atoms with Gasteiger partial charge in [-0.1, -0.05) is 11.8 Å². The number of aliphatic hydroxyl groups excluding tert-OH is 1. The van der Waals surface area contributed by atoms with Crippen molar-refractivity contribution in [3.05, 3.63) is 42.2 Å². The molecule has 12 heteroatoms. The van der Waals surface area contributed by atoms with E-state index in [9.17, 15) is 18.3 Å². The van der Waals surface area contributed by atoms with Gasteiger partial charge >= 0.3 is 0 Å². The molecular formula is C23H26N4O6S2. The highest BCUT2D eigenvalue weighted by atomic mass is 32.2. The van der Waals surface area contributed by atoms with Gasteiger partial charge in [-0.05, 0) is 31.2 Å². The SMILES string of the molecule is COc1cc(Oc2ccc(S(C)(=O)=O)nc2)cc2cc(C3=NCC(CC(=O)NC[C@H](C)O)S3)[nH]c12. The standard InChI is InChI=1S/C23H26N4O6S2/c1-13(28)10-24-20(29)9-17-12-26-23(34-17)18-7-14-6-16(8-19(32-2)22(14)27-18)33-15-4-5-21(25-11-15)35(3,30)31/h4-8,11,13,17,27-28H,9-10,12H2,1-3H3,(H,24,29)/t13-,17?/m0/s1. The van der Waals surface area contributed by atoms with Gasteiger partial charge in [-0.2, -0.15) is 0 Å². The maximum absolute atomic E-state index is 12.1. The highest BCUT2D eigenvalue weighted by Crippen LogP contribution is 2.36. The summed E-state index contributed by atoms with van der Waals surface area (Å²) in [5.74, 6) is 1.35. The quantitative estimate of drug-likeness (QED) is 0.392. The predicted octanol–water partition coefficient (Wildman–Crippen LogP) is 2.52. The molecule has 1 unspecified atom stereocenters. The first-order valence-electron chi connectivity index (χ1n) is 10.8. The lowest BCUT2D eigenvalue weighted by atomic mass is 10.2. The third kappa shape index (κ3) is 6.13. The van der Waals surface area contributed by atoms with Gasteiger partial charge in [0.15, 0.2) is 14.9 Å². The number of benzene rings is 1. The van der Waals surface area contributed by atoms with E-state index in [1.54, 1.807) is 26.2 Å². The number of fused-ring (bicyclic) bond motifs is 1. The summed E-state index contributed by atoms with van der Waals surface area (Å²) in [6.07, 6.45) is 2.19. The molecular weight excluding hydrogens is 492 g/mol. The summed E-state index contributed by atoms with van der Waals surface area (Å²) >= 11 is 1.53. The van der Waals surface area contributed by atoms with Crippen LogP contribution in [0.25, 0.3) is 10.9 Å². The predicted molar refractivity (Wildman–Crippen MR) is 134 cm³/mol. The van der Waals surface area contributed by atoms with Crippen molar-refractivity contribution in [2.45, 2.75) is 29.7 Å². The molecule has 0 radical (unpaired) electrons. The molecule has 0 bridgehead atoms. The second kappa shape index (κ2) is 10.3. The topological polar surface area (TPSA) is 143 Å². The molecule has 3 heterocycles. The monoisotopic (exact) mass is 518 g/mol. The number of aromatic nitrogens is 2. The molecule has 2 atom stereocenters. The van der Waals surface area contributed by atoms with Gasteiger partial charge in [-0.15, -0.1) is 0 Å². The van der Waals surface area contributed by atoms with E-state index in [1.807, 2.05) is 12.1 Å². The normalized spacial score (nSPS) is 16.7. The van der Waals surface area contributed by atoms with E-state index in [-0.39, 0.29) is 22.7 Å². The van der Waals surface area contributed by atoms with Gasteiger partial charge in [0, 0.05) is 35.9 Å². The number of methoxy groups -OCH3 is 1. The molecule has 1 aromatic carbocycles. The first kappa shape index (κ1) is 25.0. The van der Waals surface area contributed by atoms with E-state index < -0.39 is 15.9 Å². The van der Waals surface area contributed by atoms with Gasteiger partial charge in [0.05, 0.1) is 37.2 Å². The Hall–Kier alpha value is -3.09. The van der Waals surface area contributed by atoms with Gasteiger partial charge < -0.3 is 24.9 Å². The summed E-state index contributed by atoms with van der Waals surface area (Å²) in [5.41, 5.74) is 1.59. The Labute approximate surface area is 207 Å². The van der Waals surface area contributed by atoms with Crippen molar-refractivity contribution in [2.24, 2.45) is 4.99 Å². The van der Waals surface area contributed by atoms with Crippen molar-refractivity contribution in [1.82, 2.24) is 15.3 Å². The van der Waals surface area contributed by atoms with E-state index >= 15 is 0 Å². The molecule has 10 nitrogen and oxygen atoms in total. The lowest BCUT2D eigenvalue weighted by Crippen LogP contribution is -2.32. The highest BCUT2D eigenvalue weighted by Gasteiger charge is 2.25. The fraction of sp³-hybridized carbons (Fsp3) is 0.348. The van der Waals surface area contributed by atoms with E-state index in [1.165, 1.54) is 24.0 Å². The van der Waals surface area contributed by atoms with Gasteiger partial charge in [-0.25, -0.2) is 13.4 Å². The molecule has 35 heavy (non-hydrogen) atoms. The Morgan fingerprint density at radius 2 is 2.11 bits per heavy atom. The van der Waals surface area contributed by atoms with E-state index in [2.05, 4.69) is 20.3 Å². The summed E-state index contributed by atoms with van der Waals surface area (Å²) in [7, 11) is -1.83. The summed E-state index contributed by atoms with van der Waals surface area (Å²) in [6.45, 7) is 2.38. The maximum atomic E-state index is 12.1. The van der Waals surface area contributed by atoms with Crippen LogP contribution in [0.15, 0.2) is 46.5 Å². The Kier molecular flexibility index (Phi) is 7.33. The number of rotatable bonds is 9. The Morgan fingerprint density at radius 1 is 1.31 bits per heavy atom. The summed E-state index contributed by atoms with van der Waals surface area (Å²) in [6, 6.07) is 8.45. The number of aliphatic imine (C=N–C) groups is 1. The van der Waals surface area contributed by atoms with Gasteiger partial charge in [0.25, 0.3) is 0 Å². The second-order valence-corrected chi connectivity index (χ2v) is 11.5. The van der Waals surface area contributed by atoms with Crippen LogP contribution in [0.5, 0.6) is 17.2 Å². The molecule has 1 aliphatic heterocycles. The third-order valence-corrected chi connectivity index (χ3v) is 7.39. The molecule has 3 N–H and O–H groups in total. The molecule has 0 fully saturated rings. The van der Waals surface area contributed by atoms with Crippen molar-refractivity contribution in [2.75, 3.05) is 26.5 Å². The molecule has 0 aliphatic carbocycles. The number of H-pyrrole nitrogens is 1. The summed E-state index contributed by atoms with van der Waals surface area (Å²) < 4.78 is 34.6. The first-order chi connectivity index (χ1) is 16.6. The molecule has 1 aliphatic rings. The molecule has 4 rings (SSSR count). The molecule has 186 valence electrons. The third-order valence-electron chi connectivity index (χ3n) is 5.17. The van der Waals surface area contributed by atoms with Crippen molar-refractivity contribution in [3.63, 3.8) is 0 Å². The zero-order valence-electron chi connectivity index (χ0n) is 19.4. The second-order valence-electron chi connectivity index (χ2n) is 8.22. The molecule has 0 saturated carbocycles. The number of nitrogens with one attached hydrogen (secondary N) is 2. The van der Waals surface area contributed by atoms with Crippen LogP contribution in [-0.2, 0) is 14.6 Å². The Bertz CT molecular complexity index is 1370. The average molecular weight is 519 g/mol. The number of carbonyl (C=O) groups is 1. The minimum Gasteiger partial charge on any atom is -0.494 e. The number of pyridine rings is 1. The van der Waals surface area contributed by atoms with Crippen molar-refractivity contribution in [1.29, 1.82) is 0 Å². The molecule has 2 aromatic heterocycles. The van der Waals surface area contributed by atoms with Crippen LogP contribution in [0.1, 0.15) is 19.0 Å². The molecule has 0 spiro atoms. The smallest absolute Gasteiger partial charge is 0.221 e. The summed E-state index contributed by atoms with van der Waals surface area (Å²) in [5, 5.41) is 13.7. The van der Waals surface area contributed by atoms with Gasteiger partial charge in [0.2, 0.25) is 5.91 Å².